The molecule has 1 aromatic rings. The van der Waals surface area contributed by atoms with Gasteiger partial charge in [-0.3, -0.25) is 0 Å². The second-order valence-electron chi connectivity index (χ2n) is 4.81. The summed E-state index contributed by atoms with van der Waals surface area (Å²) in [5, 5.41) is 12.6. The van der Waals surface area contributed by atoms with Crippen LogP contribution in [0, 0.1) is 0 Å². The van der Waals surface area contributed by atoms with Crippen molar-refractivity contribution in [2.75, 3.05) is 11.9 Å². The number of rotatable bonds is 3. The SMILES string of the molecule is CC1OCCC1(C)Nc1ccc(C(=O)O)cc1Cl. The molecule has 1 heterocycles. The van der Waals surface area contributed by atoms with Gasteiger partial charge in [0.05, 0.1) is 27.9 Å². The first-order chi connectivity index (χ1) is 8.42. The molecule has 5 heteroatoms. The number of nitrogens with one attached hydrogen (secondary N) is 1. The molecule has 4 nitrogen and oxygen atoms in total. The first-order valence-electron chi connectivity index (χ1n) is 5.85. The largest absolute Gasteiger partial charge is 0.478 e. The van der Waals surface area contributed by atoms with Gasteiger partial charge in [0.25, 0.3) is 0 Å². The van der Waals surface area contributed by atoms with Crippen LogP contribution in [0.5, 0.6) is 0 Å². The summed E-state index contributed by atoms with van der Waals surface area (Å²) >= 11 is 6.09. The van der Waals surface area contributed by atoms with E-state index in [1.54, 1.807) is 12.1 Å². The predicted molar refractivity (Wildman–Crippen MR) is 70.5 cm³/mol. The van der Waals surface area contributed by atoms with Gasteiger partial charge in [-0.25, -0.2) is 4.79 Å². The summed E-state index contributed by atoms with van der Waals surface area (Å²) in [4.78, 5) is 10.8. The van der Waals surface area contributed by atoms with Gasteiger partial charge in [0.15, 0.2) is 0 Å². The molecule has 0 radical (unpaired) electrons. The van der Waals surface area contributed by atoms with Crippen molar-refractivity contribution in [2.24, 2.45) is 0 Å². The molecule has 2 unspecified atom stereocenters. The minimum absolute atomic E-state index is 0.0905. The fourth-order valence-electron chi connectivity index (χ4n) is 2.06. The minimum atomic E-state index is -0.979. The molecular formula is C13H16ClNO3. The van der Waals surface area contributed by atoms with Crippen LogP contribution in [0.15, 0.2) is 18.2 Å². The Balaban J connectivity index is 2.22. The first-order valence-corrected chi connectivity index (χ1v) is 6.23. The van der Waals surface area contributed by atoms with E-state index in [1.807, 2.05) is 6.92 Å². The van der Waals surface area contributed by atoms with E-state index in [9.17, 15) is 4.79 Å². The maximum Gasteiger partial charge on any atom is 0.335 e. The number of hydrogen-bond acceptors (Lipinski definition) is 3. The number of ether oxygens (including phenoxy) is 1. The Labute approximate surface area is 111 Å². The second kappa shape index (κ2) is 4.78. The molecule has 98 valence electrons. The van der Waals surface area contributed by atoms with Gasteiger partial charge in [-0.15, -0.1) is 0 Å². The molecule has 1 fully saturated rings. The molecule has 0 bridgehead atoms. The van der Waals surface area contributed by atoms with E-state index < -0.39 is 5.97 Å². The number of aromatic carboxylic acids is 1. The van der Waals surface area contributed by atoms with Crippen molar-refractivity contribution >= 4 is 23.3 Å². The lowest BCUT2D eigenvalue weighted by Crippen LogP contribution is -2.41. The molecule has 0 aromatic heterocycles. The van der Waals surface area contributed by atoms with Crippen molar-refractivity contribution in [2.45, 2.75) is 31.9 Å². The fourth-order valence-corrected chi connectivity index (χ4v) is 2.28. The lowest BCUT2D eigenvalue weighted by molar-refractivity contribution is 0.0697. The van der Waals surface area contributed by atoms with Gasteiger partial charge in [0.2, 0.25) is 0 Å². The molecule has 0 aliphatic carbocycles. The fraction of sp³-hybridized carbons (Fsp3) is 0.462. The molecule has 0 amide bonds. The molecule has 2 N–H and O–H groups in total. The summed E-state index contributed by atoms with van der Waals surface area (Å²) in [5.74, 6) is -0.979. The summed E-state index contributed by atoms with van der Waals surface area (Å²) in [6.45, 7) is 4.81. The number of hydrogen-bond donors (Lipinski definition) is 2. The molecule has 1 saturated heterocycles. The summed E-state index contributed by atoms with van der Waals surface area (Å²) < 4.78 is 5.54. The first kappa shape index (κ1) is 13.2. The molecule has 2 atom stereocenters. The highest BCUT2D eigenvalue weighted by Crippen LogP contribution is 2.32. The van der Waals surface area contributed by atoms with Crippen LogP contribution in [0.1, 0.15) is 30.6 Å². The van der Waals surface area contributed by atoms with Crippen molar-refractivity contribution < 1.29 is 14.6 Å². The molecule has 0 spiro atoms. The second-order valence-corrected chi connectivity index (χ2v) is 5.21. The lowest BCUT2D eigenvalue weighted by atomic mass is 9.94. The number of carboxylic acid groups (broad SMARTS) is 1. The van der Waals surface area contributed by atoms with Gasteiger partial charge in [-0.05, 0) is 38.5 Å². The number of carboxylic acids is 1. The maximum absolute atomic E-state index is 10.8. The number of carbonyl (C=O) groups is 1. The van der Waals surface area contributed by atoms with Crippen molar-refractivity contribution in [1.29, 1.82) is 0 Å². The summed E-state index contributed by atoms with van der Waals surface area (Å²) in [6, 6.07) is 4.69. The Hall–Kier alpha value is -1.26. The Morgan fingerprint density at radius 1 is 1.61 bits per heavy atom. The standard InChI is InChI=1S/C13H16ClNO3/c1-8-13(2,5-6-18-8)15-11-4-3-9(12(16)17)7-10(11)14/h3-4,7-8,15H,5-6H2,1-2H3,(H,16,17). The van der Waals surface area contributed by atoms with Crippen LogP contribution in [-0.2, 0) is 4.74 Å². The minimum Gasteiger partial charge on any atom is -0.478 e. The van der Waals surface area contributed by atoms with E-state index in [0.29, 0.717) is 5.02 Å². The highest BCUT2D eigenvalue weighted by molar-refractivity contribution is 6.33. The van der Waals surface area contributed by atoms with Gasteiger partial charge < -0.3 is 15.2 Å². The van der Waals surface area contributed by atoms with Crippen molar-refractivity contribution in [1.82, 2.24) is 0 Å². The number of anilines is 1. The molecule has 18 heavy (non-hydrogen) atoms. The van der Waals surface area contributed by atoms with E-state index in [2.05, 4.69) is 12.2 Å². The highest BCUT2D eigenvalue weighted by atomic mass is 35.5. The van der Waals surface area contributed by atoms with Gasteiger partial charge in [0, 0.05) is 6.61 Å². The van der Waals surface area contributed by atoms with Crippen molar-refractivity contribution in [3.63, 3.8) is 0 Å². The Bertz CT molecular complexity index is 477. The smallest absolute Gasteiger partial charge is 0.335 e. The van der Waals surface area contributed by atoms with E-state index in [0.717, 1.165) is 18.7 Å². The Morgan fingerprint density at radius 2 is 2.33 bits per heavy atom. The molecular weight excluding hydrogens is 254 g/mol. The van der Waals surface area contributed by atoms with E-state index in [1.165, 1.54) is 6.07 Å². The zero-order chi connectivity index (χ0) is 13.3. The molecule has 2 rings (SSSR count). The topological polar surface area (TPSA) is 58.6 Å². The van der Waals surface area contributed by atoms with Crippen LogP contribution in [-0.4, -0.2) is 29.3 Å². The average molecular weight is 270 g/mol. The van der Waals surface area contributed by atoms with E-state index >= 15 is 0 Å². The third-order valence-electron chi connectivity index (χ3n) is 3.52. The highest BCUT2D eigenvalue weighted by Gasteiger charge is 2.37. The van der Waals surface area contributed by atoms with Crippen molar-refractivity contribution in [3.05, 3.63) is 28.8 Å². The van der Waals surface area contributed by atoms with Gasteiger partial charge >= 0.3 is 5.97 Å². The number of halogens is 1. The van der Waals surface area contributed by atoms with Gasteiger partial charge in [-0.2, -0.15) is 0 Å². The third-order valence-corrected chi connectivity index (χ3v) is 3.84. The quantitative estimate of drug-likeness (QED) is 0.886. The van der Waals surface area contributed by atoms with Crippen LogP contribution < -0.4 is 5.32 Å². The summed E-state index contributed by atoms with van der Waals surface area (Å²) in [7, 11) is 0. The monoisotopic (exact) mass is 269 g/mol. The molecule has 1 aromatic carbocycles. The third kappa shape index (κ3) is 2.44. The summed E-state index contributed by atoms with van der Waals surface area (Å²) in [5.41, 5.74) is 0.752. The molecule has 1 aliphatic heterocycles. The van der Waals surface area contributed by atoms with E-state index in [-0.39, 0.29) is 17.2 Å². The van der Waals surface area contributed by atoms with Gasteiger partial charge in [0.1, 0.15) is 0 Å². The van der Waals surface area contributed by atoms with E-state index in [4.69, 9.17) is 21.4 Å². The normalized spacial score (nSPS) is 27.2. The zero-order valence-electron chi connectivity index (χ0n) is 10.4. The Kier molecular flexibility index (Phi) is 3.50. The van der Waals surface area contributed by atoms with Gasteiger partial charge in [-0.1, -0.05) is 11.6 Å². The maximum atomic E-state index is 10.8. The molecule has 0 saturated carbocycles. The van der Waals surface area contributed by atoms with Crippen LogP contribution in [0.2, 0.25) is 5.02 Å². The lowest BCUT2D eigenvalue weighted by Gasteiger charge is -2.30. The van der Waals surface area contributed by atoms with Crippen molar-refractivity contribution in [3.8, 4) is 0 Å². The average Bonchev–Trinajstić information content (AvgIpc) is 2.62. The Morgan fingerprint density at radius 3 is 2.83 bits per heavy atom. The number of benzene rings is 1. The van der Waals surface area contributed by atoms with Crippen LogP contribution >= 0.6 is 11.6 Å². The van der Waals surface area contributed by atoms with Crippen LogP contribution in [0.3, 0.4) is 0 Å². The molecule has 1 aliphatic rings. The predicted octanol–water partition coefficient (Wildman–Crippen LogP) is 3.02. The zero-order valence-corrected chi connectivity index (χ0v) is 11.1. The van der Waals surface area contributed by atoms with Crippen LogP contribution in [0.25, 0.3) is 0 Å². The van der Waals surface area contributed by atoms with Crippen LogP contribution in [0.4, 0.5) is 5.69 Å². The summed E-state index contributed by atoms with van der Waals surface area (Å²) in [6.07, 6.45) is 0.985.